The number of alkyl halides is 3. The Hall–Kier alpha value is -4.32. The number of nitrogens with zero attached hydrogens (tertiary/aromatic N) is 5. The Morgan fingerprint density at radius 2 is 1.71 bits per heavy atom. The highest BCUT2D eigenvalue weighted by Crippen LogP contribution is 2.39. The van der Waals surface area contributed by atoms with Crippen molar-refractivity contribution in [3.8, 4) is 0 Å². The van der Waals surface area contributed by atoms with Crippen LogP contribution in [0.3, 0.4) is 0 Å². The maximum Gasteiger partial charge on any atom is 0.419 e. The van der Waals surface area contributed by atoms with E-state index in [1.54, 1.807) is 18.3 Å². The summed E-state index contributed by atoms with van der Waals surface area (Å²) in [4.78, 5) is 26.2. The first-order valence-electron chi connectivity index (χ1n) is 13.8. The van der Waals surface area contributed by atoms with Crippen LogP contribution in [0.5, 0.6) is 0 Å². The summed E-state index contributed by atoms with van der Waals surface area (Å²) in [5.41, 5.74) is 0.566. The zero-order valence-corrected chi connectivity index (χ0v) is 22.7. The van der Waals surface area contributed by atoms with Crippen LogP contribution >= 0.6 is 0 Å². The van der Waals surface area contributed by atoms with Crippen molar-refractivity contribution in [1.82, 2.24) is 25.1 Å². The number of carbonyl (C=O) groups excluding carboxylic acids is 1. The molecule has 0 radical (unpaired) electrons. The van der Waals surface area contributed by atoms with E-state index in [1.165, 1.54) is 12.8 Å². The van der Waals surface area contributed by atoms with Gasteiger partial charge >= 0.3 is 6.18 Å². The zero-order chi connectivity index (χ0) is 29.3. The van der Waals surface area contributed by atoms with Crippen LogP contribution in [0, 0.1) is 5.82 Å². The molecule has 218 valence electrons. The monoisotopic (exact) mass is 579 g/mol. The molecule has 0 atom stereocenters. The van der Waals surface area contributed by atoms with E-state index >= 15 is 0 Å². The third-order valence-electron chi connectivity index (χ3n) is 7.56. The van der Waals surface area contributed by atoms with Crippen LogP contribution in [0.2, 0.25) is 0 Å². The summed E-state index contributed by atoms with van der Waals surface area (Å²) in [6.45, 7) is 3.78. The molecule has 8 nitrogen and oxygen atoms in total. The number of Topliss-reactive ketones (excluding diaryl/α,β-unsaturated/α-hetero) is 1. The van der Waals surface area contributed by atoms with Crippen molar-refractivity contribution in [2.24, 2.45) is 0 Å². The predicted octanol–water partition coefficient (Wildman–Crippen LogP) is 5.73. The molecule has 2 N–H and O–H groups in total. The molecule has 2 aromatic heterocycles. The van der Waals surface area contributed by atoms with E-state index in [-0.39, 0.29) is 6.42 Å². The molecule has 1 saturated heterocycles. The molecule has 2 aromatic carbocycles. The summed E-state index contributed by atoms with van der Waals surface area (Å²) in [5.74, 6) is 0.437. The first-order chi connectivity index (χ1) is 20.2. The molecule has 1 aliphatic carbocycles. The topological polar surface area (TPSA) is 90.0 Å². The minimum absolute atomic E-state index is 0.249. The fraction of sp³-hybridized carbons (Fsp3) is 0.333. The second-order valence-electron chi connectivity index (χ2n) is 10.7. The molecule has 2 aliphatic rings. The molecule has 1 saturated carbocycles. The summed E-state index contributed by atoms with van der Waals surface area (Å²) in [5, 5.41) is 10.7. The molecule has 0 spiro atoms. The van der Waals surface area contributed by atoms with E-state index in [0.717, 1.165) is 55.4 Å². The molecular formula is C30H29F4N7O. The van der Waals surface area contributed by atoms with Crippen molar-refractivity contribution in [3.63, 3.8) is 0 Å². The molecule has 3 heterocycles. The number of aromatic nitrogens is 4. The lowest BCUT2D eigenvalue weighted by Gasteiger charge is -2.34. The van der Waals surface area contributed by atoms with E-state index in [4.69, 9.17) is 0 Å². The first kappa shape index (κ1) is 27.8. The molecular weight excluding hydrogens is 550 g/mol. The molecule has 0 amide bonds. The number of aromatic amines is 1. The predicted molar refractivity (Wildman–Crippen MR) is 149 cm³/mol. The SMILES string of the molecule is O=C(Cc1ccc(CN2CCN(c3nccc(Nc4cc(C5CC5)[nH]n4)n3)CC2)cc1)c1cccc(F)c1C(F)(F)F. The van der Waals surface area contributed by atoms with E-state index in [9.17, 15) is 22.4 Å². The second-order valence-corrected chi connectivity index (χ2v) is 10.7. The van der Waals surface area contributed by atoms with Crippen LogP contribution in [0.25, 0.3) is 0 Å². The lowest BCUT2D eigenvalue weighted by Crippen LogP contribution is -2.46. The average Bonchev–Trinajstić information content (AvgIpc) is 3.72. The van der Waals surface area contributed by atoms with Gasteiger partial charge in [0.1, 0.15) is 17.2 Å². The Kier molecular flexibility index (Phi) is 7.63. The normalized spacial score (nSPS) is 16.0. The lowest BCUT2D eigenvalue weighted by molar-refractivity contribution is -0.140. The van der Waals surface area contributed by atoms with Crippen molar-refractivity contribution in [3.05, 3.63) is 94.6 Å². The Morgan fingerprint density at radius 3 is 2.43 bits per heavy atom. The second kappa shape index (κ2) is 11.5. The molecule has 0 unspecified atom stereocenters. The summed E-state index contributed by atoms with van der Waals surface area (Å²) in [7, 11) is 0. The van der Waals surface area contributed by atoms with Crippen LogP contribution in [0.15, 0.2) is 60.8 Å². The van der Waals surface area contributed by atoms with Gasteiger partial charge in [-0.25, -0.2) is 9.37 Å². The summed E-state index contributed by atoms with van der Waals surface area (Å²) in [6.07, 6.45) is -1.07. The molecule has 6 rings (SSSR count). The Labute approximate surface area is 239 Å². The third-order valence-corrected chi connectivity index (χ3v) is 7.56. The van der Waals surface area contributed by atoms with E-state index in [1.807, 2.05) is 24.3 Å². The number of anilines is 3. The van der Waals surface area contributed by atoms with Crippen molar-refractivity contribution < 1.29 is 22.4 Å². The van der Waals surface area contributed by atoms with Crippen molar-refractivity contribution in [1.29, 1.82) is 0 Å². The zero-order valence-electron chi connectivity index (χ0n) is 22.7. The van der Waals surface area contributed by atoms with Gasteiger partial charge in [0.25, 0.3) is 0 Å². The summed E-state index contributed by atoms with van der Waals surface area (Å²) < 4.78 is 53.8. The minimum Gasteiger partial charge on any atom is -0.338 e. The van der Waals surface area contributed by atoms with Gasteiger partial charge in [0.2, 0.25) is 5.95 Å². The van der Waals surface area contributed by atoms with Crippen molar-refractivity contribution >= 4 is 23.4 Å². The number of hydrogen-bond acceptors (Lipinski definition) is 7. The van der Waals surface area contributed by atoms with E-state index in [2.05, 4.69) is 35.3 Å². The molecule has 1 aliphatic heterocycles. The van der Waals surface area contributed by atoms with Gasteiger partial charge in [-0.2, -0.15) is 23.3 Å². The number of H-pyrrole nitrogens is 1. The molecule has 4 aromatic rings. The van der Waals surface area contributed by atoms with Gasteiger partial charge in [0.05, 0.1) is 0 Å². The number of halogens is 4. The Balaban J connectivity index is 1.01. The molecule has 42 heavy (non-hydrogen) atoms. The third kappa shape index (κ3) is 6.43. The fourth-order valence-electron chi connectivity index (χ4n) is 5.16. The van der Waals surface area contributed by atoms with E-state index < -0.39 is 28.9 Å². The van der Waals surface area contributed by atoms with Crippen molar-refractivity contribution in [2.75, 3.05) is 36.4 Å². The standard InChI is InChI=1S/C30H29F4N7O/c31-23-3-1-2-22(28(23)30(32,33)34)25(42)16-19-4-6-20(7-5-19)18-40-12-14-41(15-13-40)29-35-11-10-26(37-29)36-27-17-24(38-39-27)21-8-9-21/h1-7,10-11,17,21H,8-9,12-16,18H2,(H2,35,36,37,38,39). The molecule has 2 fully saturated rings. The Morgan fingerprint density at radius 1 is 0.976 bits per heavy atom. The number of hydrogen-bond donors (Lipinski definition) is 2. The van der Waals surface area contributed by atoms with Crippen molar-refractivity contribution in [2.45, 2.75) is 37.9 Å². The number of ketones is 1. The number of benzene rings is 2. The van der Waals surface area contributed by atoms with Gasteiger partial charge in [0.15, 0.2) is 11.6 Å². The van der Waals surface area contributed by atoms with Crippen LogP contribution in [0.1, 0.15) is 51.5 Å². The van der Waals surface area contributed by atoms with Gasteiger partial charge in [-0.3, -0.25) is 14.8 Å². The molecule has 0 bridgehead atoms. The van der Waals surface area contributed by atoms with Gasteiger partial charge < -0.3 is 10.2 Å². The number of rotatable bonds is 9. The van der Waals surface area contributed by atoms with Gasteiger partial charge in [-0.05, 0) is 36.1 Å². The highest BCUT2D eigenvalue weighted by Gasteiger charge is 2.38. The maximum absolute atomic E-state index is 13.9. The summed E-state index contributed by atoms with van der Waals surface area (Å²) in [6, 6.07) is 13.9. The maximum atomic E-state index is 13.9. The Bertz CT molecular complexity index is 1560. The largest absolute Gasteiger partial charge is 0.419 e. The first-order valence-corrected chi connectivity index (χ1v) is 13.8. The number of piperazine rings is 1. The summed E-state index contributed by atoms with van der Waals surface area (Å²) >= 11 is 0. The van der Waals surface area contributed by atoms with E-state index in [0.29, 0.717) is 35.9 Å². The smallest absolute Gasteiger partial charge is 0.338 e. The highest BCUT2D eigenvalue weighted by molar-refractivity contribution is 5.99. The van der Waals surface area contributed by atoms with Crippen LogP contribution in [-0.4, -0.2) is 57.0 Å². The average molecular weight is 580 g/mol. The number of nitrogens with one attached hydrogen (secondary N) is 2. The molecule has 12 heteroatoms. The quantitative estimate of drug-likeness (QED) is 0.194. The lowest BCUT2D eigenvalue weighted by atomic mass is 9.97. The van der Waals surface area contributed by atoms with Gasteiger partial charge in [-0.1, -0.05) is 36.4 Å². The minimum atomic E-state index is -4.95. The van der Waals surface area contributed by atoms with Crippen LogP contribution in [0.4, 0.5) is 35.1 Å². The van der Waals surface area contributed by atoms with Crippen LogP contribution < -0.4 is 10.2 Å². The van der Waals surface area contributed by atoms with Crippen LogP contribution in [-0.2, 0) is 19.1 Å². The van der Waals surface area contributed by atoms with Gasteiger partial charge in [-0.15, -0.1) is 0 Å². The fourth-order valence-corrected chi connectivity index (χ4v) is 5.16. The van der Waals surface area contributed by atoms with Gasteiger partial charge in [0, 0.05) is 68.6 Å². The highest BCUT2D eigenvalue weighted by atomic mass is 19.4. The number of carbonyl (C=O) groups is 1.